The van der Waals surface area contributed by atoms with E-state index in [1.54, 1.807) is 48.4 Å². The summed E-state index contributed by atoms with van der Waals surface area (Å²) in [4.78, 5) is 27.0. The van der Waals surface area contributed by atoms with Crippen molar-refractivity contribution in [2.75, 3.05) is 23.9 Å². The van der Waals surface area contributed by atoms with Crippen LogP contribution in [0.2, 0.25) is 0 Å². The number of benzene rings is 3. The lowest BCUT2D eigenvalue weighted by Crippen LogP contribution is -2.28. The Kier molecular flexibility index (Phi) is 6.61. The molecule has 4 aromatic rings. The van der Waals surface area contributed by atoms with Crippen LogP contribution in [0.4, 0.5) is 11.4 Å². The van der Waals surface area contributed by atoms with Crippen LogP contribution >= 0.6 is 0 Å². The van der Waals surface area contributed by atoms with Crippen molar-refractivity contribution in [1.29, 1.82) is 0 Å². The zero-order valence-corrected chi connectivity index (χ0v) is 19.6. The summed E-state index contributed by atoms with van der Waals surface area (Å²) >= 11 is 0. The van der Waals surface area contributed by atoms with Crippen LogP contribution < -0.4 is 19.7 Å². The third-order valence-corrected chi connectivity index (χ3v) is 5.83. The Labute approximate surface area is 207 Å². The molecule has 2 amide bonds. The van der Waals surface area contributed by atoms with E-state index in [1.807, 2.05) is 42.5 Å². The summed E-state index contributed by atoms with van der Waals surface area (Å²) in [6.07, 6.45) is 0.148. The maximum absolute atomic E-state index is 12.9. The van der Waals surface area contributed by atoms with Gasteiger partial charge in [-0.05, 0) is 48.5 Å². The minimum atomic E-state index is -0.459. The molecular formula is C27H24N4O5. The van der Waals surface area contributed by atoms with Crippen molar-refractivity contribution in [3.05, 3.63) is 84.8 Å². The molecule has 1 aliphatic heterocycles. The van der Waals surface area contributed by atoms with E-state index in [1.165, 1.54) is 0 Å². The van der Waals surface area contributed by atoms with Crippen LogP contribution in [0.5, 0.6) is 11.5 Å². The highest BCUT2D eigenvalue weighted by molar-refractivity contribution is 6.03. The molecule has 1 aliphatic rings. The van der Waals surface area contributed by atoms with E-state index < -0.39 is 5.92 Å². The number of rotatable bonds is 8. The minimum Gasteiger partial charge on any atom is -0.497 e. The molecule has 36 heavy (non-hydrogen) atoms. The Hall–Kier alpha value is -4.66. The number of aromatic nitrogens is 2. The number of nitrogens with zero attached hydrogens (tertiary/aromatic N) is 3. The van der Waals surface area contributed by atoms with Gasteiger partial charge in [0.25, 0.3) is 5.89 Å². The summed E-state index contributed by atoms with van der Waals surface area (Å²) in [5, 5.41) is 11.0. The molecule has 0 spiro atoms. The van der Waals surface area contributed by atoms with E-state index in [-0.39, 0.29) is 24.8 Å². The number of carbonyl (C=O) groups is 2. The van der Waals surface area contributed by atoms with Gasteiger partial charge in [-0.3, -0.25) is 9.59 Å². The quantitative estimate of drug-likeness (QED) is 0.397. The number of anilines is 2. The fourth-order valence-electron chi connectivity index (χ4n) is 3.96. The highest BCUT2D eigenvalue weighted by atomic mass is 16.5. The fourth-order valence-corrected chi connectivity index (χ4v) is 3.96. The number of carbonyl (C=O) groups excluding carboxylic acids is 2. The summed E-state index contributed by atoms with van der Waals surface area (Å²) in [6.45, 7) is 0.402. The molecule has 5 rings (SSSR count). The van der Waals surface area contributed by atoms with Crippen LogP contribution in [-0.4, -0.2) is 35.7 Å². The second kappa shape index (κ2) is 10.3. The van der Waals surface area contributed by atoms with Gasteiger partial charge in [-0.15, -0.1) is 10.2 Å². The van der Waals surface area contributed by atoms with Gasteiger partial charge >= 0.3 is 0 Å². The molecule has 1 fully saturated rings. The molecule has 1 aromatic heterocycles. The third kappa shape index (κ3) is 5.20. The van der Waals surface area contributed by atoms with Gasteiger partial charge in [0.15, 0.2) is 6.61 Å². The fraction of sp³-hybridized carbons (Fsp3) is 0.185. The van der Waals surface area contributed by atoms with Crippen molar-refractivity contribution < 1.29 is 23.5 Å². The Bertz CT molecular complexity index is 1350. The van der Waals surface area contributed by atoms with E-state index >= 15 is 0 Å². The summed E-state index contributed by atoms with van der Waals surface area (Å²) in [5.74, 6) is 1.23. The largest absolute Gasteiger partial charge is 0.497 e. The second-order valence-electron chi connectivity index (χ2n) is 8.28. The molecule has 0 saturated carbocycles. The zero-order chi connectivity index (χ0) is 24.9. The van der Waals surface area contributed by atoms with Gasteiger partial charge in [-0.25, -0.2) is 0 Å². The first-order chi connectivity index (χ1) is 17.6. The first-order valence-electron chi connectivity index (χ1n) is 11.4. The summed E-state index contributed by atoms with van der Waals surface area (Å²) < 4.78 is 16.6. The lowest BCUT2D eigenvalue weighted by molar-refractivity contribution is -0.122. The molecule has 3 aromatic carbocycles. The third-order valence-electron chi connectivity index (χ3n) is 5.83. The monoisotopic (exact) mass is 484 g/mol. The Morgan fingerprint density at radius 1 is 1.03 bits per heavy atom. The normalized spacial score (nSPS) is 15.1. The molecule has 0 radical (unpaired) electrons. The van der Waals surface area contributed by atoms with Gasteiger partial charge in [-0.2, -0.15) is 0 Å². The van der Waals surface area contributed by atoms with Gasteiger partial charge in [-0.1, -0.05) is 24.3 Å². The lowest BCUT2D eigenvalue weighted by atomic mass is 10.1. The Balaban J connectivity index is 1.17. The van der Waals surface area contributed by atoms with Crippen LogP contribution in [-0.2, 0) is 16.2 Å². The standard InChI is InChI=1S/C27H24N4O5/c1-34-22-12-10-21(11-13-22)31-16-19(14-25(31)32)26(33)28-20-8-5-9-23(15-20)35-17-24-29-30-27(36-24)18-6-3-2-4-7-18/h2-13,15,19H,14,16-17H2,1H3,(H,28,33). The summed E-state index contributed by atoms with van der Waals surface area (Å²) in [6, 6.07) is 23.7. The molecule has 1 atom stereocenters. The molecule has 0 aliphatic carbocycles. The molecule has 0 bridgehead atoms. The van der Waals surface area contributed by atoms with Gasteiger partial charge in [0, 0.05) is 36.0 Å². The molecule has 1 N–H and O–H groups in total. The van der Waals surface area contributed by atoms with Crippen molar-refractivity contribution in [2.24, 2.45) is 5.92 Å². The highest BCUT2D eigenvalue weighted by Crippen LogP contribution is 2.28. The number of hydrogen-bond donors (Lipinski definition) is 1. The molecule has 1 unspecified atom stereocenters. The summed E-state index contributed by atoms with van der Waals surface area (Å²) in [7, 11) is 1.59. The molecule has 9 heteroatoms. The highest BCUT2D eigenvalue weighted by Gasteiger charge is 2.35. The van der Waals surface area contributed by atoms with E-state index in [4.69, 9.17) is 13.9 Å². The molecular weight excluding hydrogens is 460 g/mol. The van der Waals surface area contributed by atoms with Gasteiger partial charge < -0.3 is 24.1 Å². The average Bonchev–Trinajstić information content (AvgIpc) is 3.55. The average molecular weight is 485 g/mol. The van der Waals surface area contributed by atoms with Crippen LogP contribution in [0.15, 0.2) is 83.3 Å². The van der Waals surface area contributed by atoms with Crippen LogP contribution in [0.25, 0.3) is 11.5 Å². The topological polar surface area (TPSA) is 107 Å². The predicted molar refractivity (Wildman–Crippen MR) is 133 cm³/mol. The van der Waals surface area contributed by atoms with E-state index in [0.717, 1.165) is 11.3 Å². The maximum atomic E-state index is 12.9. The van der Waals surface area contributed by atoms with Crippen molar-refractivity contribution in [3.63, 3.8) is 0 Å². The molecule has 182 valence electrons. The first-order valence-corrected chi connectivity index (χ1v) is 11.4. The Morgan fingerprint density at radius 3 is 2.61 bits per heavy atom. The van der Waals surface area contributed by atoms with Crippen LogP contribution in [0.1, 0.15) is 12.3 Å². The molecule has 1 saturated heterocycles. The van der Waals surface area contributed by atoms with Crippen molar-refractivity contribution in [1.82, 2.24) is 10.2 Å². The molecule has 2 heterocycles. The number of nitrogens with one attached hydrogen (secondary N) is 1. The van der Waals surface area contributed by atoms with Gasteiger partial charge in [0.1, 0.15) is 11.5 Å². The van der Waals surface area contributed by atoms with Crippen molar-refractivity contribution >= 4 is 23.2 Å². The van der Waals surface area contributed by atoms with E-state index in [0.29, 0.717) is 35.5 Å². The zero-order valence-electron chi connectivity index (χ0n) is 19.6. The van der Waals surface area contributed by atoms with Crippen molar-refractivity contribution in [2.45, 2.75) is 13.0 Å². The maximum Gasteiger partial charge on any atom is 0.254 e. The first kappa shape index (κ1) is 23.1. The van der Waals surface area contributed by atoms with E-state index in [2.05, 4.69) is 15.5 Å². The second-order valence-corrected chi connectivity index (χ2v) is 8.28. The van der Waals surface area contributed by atoms with Gasteiger partial charge in [0.05, 0.1) is 13.0 Å². The number of methoxy groups -OCH3 is 1. The smallest absolute Gasteiger partial charge is 0.254 e. The van der Waals surface area contributed by atoms with Crippen LogP contribution in [0.3, 0.4) is 0 Å². The van der Waals surface area contributed by atoms with Gasteiger partial charge in [0.2, 0.25) is 17.7 Å². The van der Waals surface area contributed by atoms with E-state index in [9.17, 15) is 9.59 Å². The van der Waals surface area contributed by atoms with Crippen molar-refractivity contribution in [3.8, 4) is 23.0 Å². The summed E-state index contributed by atoms with van der Waals surface area (Å²) in [5.41, 5.74) is 2.14. The minimum absolute atomic E-state index is 0.0885. The number of hydrogen-bond acceptors (Lipinski definition) is 7. The van der Waals surface area contributed by atoms with Crippen LogP contribution in [0, 0.1) is 5.92 Å². The number of amides is 2. The lowest BCUT2D eigenvalue weighted by Gasteiger charge is -2.17. The Morgan fingerprint density at radius 2 is 1.83 bits per heavy atom. The predicted octanol–water partition coefficient (Wildman–Crippen LogP) is 4.32. The number of ether oxygens (including phenoxy) is 2. The SMILES string of the molecule is COc1ccc(N2CC(C(=O)Nc3cccc(OCc4nnc(-c5ccccc5)o4)c3)CC2=O)cc1. The molecule has 9 nitrogen and oxygen atoms in total.